The van der Waals surface area contributed by atoms with Crippen LogP contribution in [-0.2, 0) is 12.8 Å². The minimum atomic E-state index is -0.287. The van der Waals surface area contributed by atoms with Crippen molar-refractivity contribution in [2.45, 2.75) is 44.9 Å². The van der Waals surface area contributed by atoms with E-state index in [4.69, 9.17) is 0 Å². The van der Waals surface area contributed by atoms with Crippen molar-refractivity contribution in [3.8, 4) is 0 Å². The van der Waals surface area contributed by atoms with Crippen LogP contribution < -0.4 is 5.69 Å². The first-order valence-electron chi connectivity index (χ1n) is 8.68. The summed E-state index contributed by atoms with van der Waals surface area (Å²) in [5, 5.41) is 6.46. The predicted octanol–water partition coefficient (Wildman–Crippen LogP) is 1.91. The van der Waals surface area contributed by atoms with Gasteiger partial charge in [-0.05, 0) is 61.8 Å². The molecule has 1 fully saturated rings. The number of carbonyl (C=O) groups excluding carboxylic acids is 1. The van der Waals surface area contributed by atoms with E-state index < -0.39 is 0 Å². The van der Waals surface area contributed by atoms with Crippen molar-refractivity contribution < 1.29 is 4.79 Å². The molecule has 0 saturated carbocycles. The van der Waals surface area contributed by atoms with Crippen molar-refractivity contribution in [2.75, 3.05) is 13.1 Å². The molecule has 0 unspecified atom stereocenters. The van der Waals surface area contributed by atoms with Gasteiger partial charge >= 0.3 is 5.69 Å². The van der Waals surface area contributed by atoms with Gasteiger partial charge in [-0.15, -0.1) is 0 Å². The molecular formula is C18H22N4O2. The molecule has 1 saturated heterocycles. The van der Waals surface area contributed by atoms with Gasteiger partial charge in [0.05, 0.1) is 0 Å². The third kappa shape index (κ3) is 2.56. The van der Waals surface area contributed by atoms with E-state index in [1.165, 1.54) is 16.7 Å². The predicted molar refractivity (Wildman–Crippen MR) is 90.3 cm³/mol. The molecule has 1 aromatic carbocycles. The summed E-state index contributed by atoms with van der Waals surface area (Å²) in [5.74, 6) is 0.877. The number of aromatic amines is 2. The molecule has 126 valence electrons. The van der Waals surface area contributed by atoms with Gasteiger partial charge in [-0.2, -0.15) is 5.10 Å². The zero-order valence-electron chi connectivity index (χ0n) is 13.9. The number of hydrogen-bond acceptors (Lipinski definition) is 3. The first-order valence-corrected chi connectivity index (χ1v) is 8.68. The molecule has 1 amide bonds. The Morgan fingerprint density at radius 3 is 2.88 bits per heavy atom. The second-order valence-corrected chi connectivity index (χ2v) is 6.89. The topological polar surface area (TPSA) is 81.8 Å². The molecule has 6 nitrogen and oxygen atoms in total. The quantitative estimate of drug-likeness (QED) is 0.884. The average molecular weight is 326 g/mol. The fourth-order valence-corrected chi connectivity index (χ4v) is 4.12. The molecule has 1 atom stereocenters. The number of hydrogen-bond donors (Lipinski definition) is 2. The summed E-state index contributed by atoms with van der Waals surface area (Å²) in [6, 6.07) is 4.06. The Balaban J connectivity index is 1.59. The number of fused-ring (bicyclic) bond motifs is 1. The van der Waals surface area contributed by atoms with Crippen LogP contribution in [0.4, 0.5) is 0 Å². The smallest absolute Gasteiger partial charge is 0.338 e. The average Bonchev–Trinajstić information content (AvgIpc) is 3.24. The second-order valence-electron chi connectivity index (χ2n) is 6.89. The normalized spacial score (nSPS) is 20.2. The SMILES string of the molecule is Cc1ccc(C(=O)N2CCC[C@H](c3n[nH]c(=O)[nH]3)C2)c2c1CCC2. The lowest BCUT2D eigenvalue weighted by atomic mass is 9.94. The fourth-order valence-electron chi connectivity index (χ4n) is 4.12. The molecule has 4 rings (SSSR count). The Bertz CT molecular complexity index is 836. The summed E-state index contributed by atoms with van der Waals surface area (Å²) in [4.78, 5) is 29.0. The molecule has 0 radical (unpaired) electrons. The highest BCUT2D eigenvalue weighted by molar-refractivity contribution is 5.96. The zero-order valence-corrected chi connectivity index (χ0v) is 13.9. The van der Waals surface area contributed by atoms with Crippen LogP contribution in [0, 0.1) is 6.92 Å². The minimum Gasteiger partial charge on any atom is -0.338 e. The number of nitrogens with one attached hydrogen (secondary N) is 2. The molecule has 0 spiro atoms. The molecule has 1 aliphatic carbocycles. The summed E-state index contributed by atoms with van der Waals surface area (Å²) < 4.78 is 0. The summed E-state index contributed by atoms with van der Waals surface area (Å²) in [7, 11) is 0. The number of likely N-dealkylation sites (tertiary alicyclic amines) is 1. The molecule has 2 heterocycles. The molecule has 2 aliphatic rings. The highest BCUT2D eigenvalue weighted by Gasteiger charge is 2.29. The van der Waals surface area contributed by atoms with E-state index in [-0.39, 0.29) is 17.5 Å². The standard InChI is InChI=1S/C18H22N4O2/c1-11-7-8-15(14-6-2-5-13(11)14)17(23)22-9-3-4-12(10-22)16-19-18(24)21-20-16/h7-8,12H,2-6,9-10H2,1H3,(H2,19,20,21,24)/t12-/m0/s1. The fraction of sp³-hybridized carbons (Fsp3) is 0.500. The molecule has 1 aliphatic heterocycles. The zero-order chi connectivity index (χ0) is 16.7. The first-order chi connectivity index (χ1) is 11.6. The first kappa shape index (κ1) is 15.2. The van der Waals surface area contributed by atoms with Gasteiger partial charge < -0.3 is 4.90 Å². The van der Waals surface area contributed by atoms with Crippen molar-refractivity contribution in [3.63, 3.8) is 0 Å². The third-order valence-corrected chi connectivity index (χ3v) is 5.36. The van der Waals surface area contributed by atoms with Crippen molar-refractivity contribution in [1.29, 1.82) is 0 Å². The summed E-state index contributed by atoms with van der Waals surface area (Å²) >= 11 is 0. The van der Waals surface area contributed by atoms with E-state index in [0.29, 0.717) is 12.4 Å². The lowest BCUT2D eigenvalue weighted by molar-refractivity contribution is 0.0703. The van der Waals surface area contributed by atoms with Crippen molar-refractivity contribution in [1.82, 2.24) is 20.1 Å². The molecule has 24 heavy (non-hydrogen) atoms. The van der Waals surface area contributed by atoms with Crippen LogP contribution in [0.1, 0.15) is 58.1 Å². The molecule has 2 aromatic rings. The van der Waals surface area contributed by atoms with Crippen LogP contribution in [0.2, 0.25) is 0 Å². The minimum absolute atomic E-state index is 0.0974. The highest BCUT2D eigenvalue weighted by Crippen LogP contribution is 2.31. The van der Waals surface area contributed by atoms with E-state index in [1.807, 2.05) is 11.0 Å². The summed E-state index contributed by atoms with van der Waals surface area (Å²) in [6.45, 7) is 3.51. The van der Waals surface area contributed by atoms with Crippen LogP contribution in [0.15, 0.2) is 16.9 Å². The van der Waals surface area contributed by atoms with E-state index in [9.17, 15) is 9.59 Å². The van der Waals surface area contributed by atoms with Gasteiger partial charge in [-0.25, -0.2) is 9.89 Å². The van der Waals surface area contributed by atoms with Crippen molar-refractivity contribution in [3.05, 3.63) is 50.7 Å². The van der Waals surface area contributed by atoms with Gasteiger partial charge in [0, 0.05) is 24.6 Å². The van der Waals surface area contributed by atoms with E-state index in [1.54, 1.807) is 0 Å². The van der Waals surface area contributed by atoms with Gasteiger partial charge in [-0.1, -0.05) is 6.07 Å². The number of carbonyl (C=O) groups is 1. The van der Waals surface area contributed by atoms with Gasteiger partial charge in [0.2, 0.25) is 0 Å². The monoisotopic (exact) mass is 326 g/mol. The molecule has 0 bridgehead atoms. The van der Waals surface area contributed by atoms with Gasteiger partial charge in [0.1, 0.15) is 5.82 Å². The lowest BCUT2D eigenvalue weighted by Gasteiger charge is -2.32. The number of aromatic nitrogens is 3. The lowest BCUT2D eigenvalue weighted by Crippen LogP contribution is -2.39. The number of amides is 1. The van der Waals surface area contributed by atoms with Gasteiger partial charge in [-0.3, -0.25) is 9.78 Å². The number of rotatable bonds is 2. The number of nitrogens with zero attached hydrogens (tertiary/aromatic N) is 2. The van der Waals surface area contributed by atoms with Crippen LogP contribution in [0.25, 0.3) is 0 Å². The molecule has 1 aromatic heterocycles. The Morgan fingerprint density at radius 2 is 2.08 bits per heavy atom. The van der Waals surface area contributed by atoms with Gasteiger partial charge in [0.15, 0.2) is 0 Å². The van der Waals surface area contributed by atoms with Crippen molar-refractivity contribution in [2.24, 2.45) is 0 Å². The molecule has 2 N–H and O–H groups in total. The second kappa shape index (κ2) is 5.92. The number of piperidine rings is 1. The third-order valence-electron chi connectivity index (χ3n) is 5.36. The number of H-pyrrole nitrogens is 2. The highest BCUT2D eigenvalue weighted by atomic mass is 16.2. The van der Waals surface area contributed by atoms with E-state index in [0.717, 1.165) is 44.2 Å². The van der Waals surface area contributed by atoms with Crippen molar-refractivity contribution >= 4 is 5.91 Å². The molecule has 6 heteroatoms. The number of aryl methyl sites for hydroxylation is 1. The van der Waals surface area contributed by atoms with Crippen LogP contribution in [-0.4, -0.2) is 39.1 Å². The maximum atomic E-state index is 13.1. The number of benzene rings is 1. The van der Waals surface area contributed by atoms with E-state index in [2.05, 4.69) is 28.2 Å². The Morgan fingerprint density at radius 1 is 1.25 bits per heavy atom. The van der Waals surface area contributed by atoms with Crippen LogP contribution in [0.3, 0.4) is 0 Å². The largest absolute Gasteiger partial charge is 0.340 e. The molecular weight excluding hydrogens is 304 g/mol. The summed E-state index contributed by atoms with van der Waals surface area (Å²) in [6.07, 6.45) is 5.09. The van der Waals surface area contributed by atoms with E-state index >= 15 is 0 Å². The summed E-state index contributed by atoms with van der Waals surface area (Å²) in [5.41, 5.74) is 4.49. The Labute approximate surface area is 140 Å². The Kier molecular flexibility index (Phi) is 3.75. The van der Waals surface area contributed by atoms with Crippen LogP contribution >= 0.6 is 0 Å². The van der Waals surface area contributed by atoms with Crippen LogP contribution in [0.5, 0.6) is 0 Å². The Hall–Kier alpha value is -2.37. The van der Waals surface area contributed by atoms with Gasteiger partial charge in [0.25, 0.3) is 5.91 Å². The maximum absolute atomic E-state index is 13.1. The maximum Gasteiger partial charge on any atom is 0.340 e.